The van der Waals surface area contributed by atoms with Gasteiger partial charge in [0.15, 0.2) is 0 Å². The molecule has 0 bridgehead atoms. The van der Waals surface area contributed by atoms with Crippen molar-refractivity contribution in [2.75, 3.05) is 5.73 Å². The Morgan fingerprint density at radius 3 is 2.92 bits per heavy atom. The summed E-state index contributed by atoms with van der Waals surface area (Å²) in [4.78, 5) is 0. The van der Waals surface area contributed by atoms with Gasteiger partial charge < -0.3 is 10.8 Å². The maximum Gasteiger partial charge on any atom is 0.0898 e. The molecule has 2 aromatic rings. The standard InChI is InChI=1S/C10H11NOS/c1-6-8-4-2-3-7(5-12)9(8)13-10(6)11/h2-4,12H,5,11H2,1H3. The van der Waals surface area contributed by atoms with Crippen molar-refractivity contribution >= 4 is 26.4 Å². The van der Waals surface area contributed by atoms with Crippen LogP contribution in [-0.2, 0) is 6.61 Å². The highest BCUT2D eigenvalue weighted by Crippen LogP contribution is 2.34. The molecule has 3 N–H and O–H groups in total. The van der Waals surface area contributed by atoms with E-state index in [9.17, 15) is 0 Å². The van der Waals surface area contributed by atoms with Crippen LogP contribution in [0.3, 0.4) is 0 Å². The number of aryl methyl sites for hydroxylation is 1. The zero-order chi connectivity index (χ0) is 9.42. The molecule has 1 heterocycles. The van der Waals surface area contributed by atoms with Crippen molar-refractivity contribution < 1.29 is 5.11 Å². The first kappa shape index (κ1) is 8.53. The van der Waals surface area contributed by atoms with Gasteiger partial charge in [0.25, 0.3) is 0 Å². The van der Waals surface area contributed by atoms with E-state index in [1.54, 1.807) is 11.3 Å². The quantitative estimate of drug-likeness (QED) is 0.730. The number of hydrogen-bond acceptors (Lipinski definition) is 3. The molecule has 0 amide bonds. The van der Waals surface area contributed by atoms with Crippen molar-refractivity contribution in [2.24, 2.45) is 0 Å². The van der Waals surface area contributed by atoms with Crippen LogP contribution in [0, 0.1) is 6.92 Å². The van der Waals surface area contributed by atoms with Crippen LogP contribution in [0.1, 0.15) is 11.1 Å². The topological polar surface area (TPSA) is 46.2 Å². The lowest BCUT2D eigenvalue weighted by molar-refractivity contribution is 0.283. The highest BCUT2D eigenvalue weighted by Gasteiger charge is 2.07. The van der Waals surface area contributed by atoms with E-state index in [1.807, 2.05) is 25.1 Å². The van der Waals surface area contributed by atoms with Gasteiger partial charge in [0.1, 0.15) is 0 Å². The summed E-state index contributed by atoms with van der Waals surface area (Å²) in [7, 11) is 0. The number of nitrogen functional groups attached to an aromatic ring is 1. The molecule has 0 fully saturated rings. The lowest BCUT2D eigenvalue weighted by Crippen LogP contribution is -1.82. The number of aliphatic hydroxyl groups is 1. The molecule has 0 aliphatic rings. The molecule has 0 spiro atoms. The molecule has 13 heavy (non-hydrogen) atoms. The molecule has 3 heteroatoms. The molecule has 68 valence electrons. The number of aliphatic hydroxyl groups excluding tert-OH is 1. The largest absolute Gasteiger partial charge is 0.392 e. The molecule has 0 saturated heterocycles. The van der Waals surface area contributed by atoms with Gasteiger partial charge in [0.05, 0.1) is 11.6 Å². The third-order valence-corrected chi connectivity index (χ3v) is 3.46. The number of fused-ring (bicyclic) bond motifs is 1. The smallest absolute Gasteiger partial charge is 0.0898 e. The number of hydrogen-bond donors (Lipinski definition) is 2. The Kier molecular flexibility index (Phi) is 1.98. The van der Waals surface area contributed by atoms with Gasteiger partial charge >= 0.3 is 0 Å². The van der Waals surface area contributed by atoms with Crippen LogP contribution in [-0.4, -0.2) is 5.11 Å². The molecular formula is C10H11NOS. The second-order valence-corrected chi connectivity index (χ2v) is 4.10. The molecule has 0 aliphatic heterocycles. The van der Waals surface area contributed by atoms with Crippen molar-refractivity contribution in [3.63, 3.8) is 0 Å². The molecule has 0 aliphatic carbocycles. The summed E-state index contributed by atoms with van der Waals surface area (Å²) in [5.41, 5.74) is 7.89. The van der Waals surface area contributed by atoms with Gasteiger partial charge in [0, 0.05) is 4.70 Å². The van der Waals surface area contributed by atoms with E-state index in [-0.39, 0.29) is 6.61 Å². The fourth-order valence-corrected chi connectivity index (χ4v) is 2.52. The molecule has 0 radical (unpaired) electrons. The van der Waals surface area contributed by atoms with Crippen LogP contribution in [0.25, 0.3) is 10.1 Å². The Morgan fingerprint density at radius 2 is 2.23 bits per heavy atom. The van der Waals surface area contributed by atoms with Crippen molar-refractivity contribution in [3.8, 4) is 0 Å². The minimum absolute atomic E-state index is 0.0801. The summed E-state index contributed by atoms with van der Waals surface area (Å²) in [5.74, 6) is 0. The lowest BCUT2D eigenvalue weighted by atomic mass is 10.1. The van der Waals surface area contributed by atoms with Gasteiger partial charge in [-0.1, -0.05) is 18.2 Å². The van der Waals surface area contributed by atoms with Crippen LogP contribution >= 0.6 is 11.3 Å². The summed E-state index contributed by atoms with van der Waals surface area (Å²) >= 11 is 1.55. The van der Waals surface area contributed by atoms with E-state index in [1.165, 1.54) is 0 Å². The first-order chi connectivity index (χ1) is 6.24. The van der Waals surface area contributed by atoms with E-state index < -0.39 is 0 Å². The van der Waals surface area contributed by atoms with Crippen LogP contribution < -0.4 is 5.73 Å². The molecule has 0 atom stereocenters. The average molecular weight is 193 g/mol. The Morgan fingerprint density at radius 1 is 1.46 bits per heavy atom. The van der Waals surface area contributed by atoms with Crippen LogP contribution in [0.15, 0.2) is 18.2 Å². The van der Waals surface area contributed by atoms with Crippen molar-refractivity contribution in [3.05, 3.63) is 29.3 Å². The molecular weight excluding hydrogens is 182 g/mol. The Labute approximate surface area is 80.6 Å². The summed E-state index contributed by atoms with van der Waals surface area (Å²) in [5, 5.41) is 11.1. The second kappa shape index (κ2) is 3.01. The van der Waals surface area contributed by atoms with E-state index >= 15 is 0 Å². The van der Waals surface area contributed by atoms with Crippen molar-refractivity contribution in [1.82, 2.24) is 0 Å². The zero-order valence-corrected chi connectivity index (χ0v) is 8.19. The van der Waals surface area contributed by atoms with Gasteiger partial charge in [-0.25, -0.2) is 0 Å². The third-order valence-electron chi connectivity index (χ3n) is 2.25. The molecule has 2 rings (SSSR count). The predicted molar refractivity (Wildman–Crippen MR) is 56.9 cm³/mol. The number of anilines is 1. The molecule has 0 unspecified atom stereocenters. The van der Waals surface area contributed by atoms with Gasteiger partial charge in [-0.15, -0.1) is 11.3 Å². The minimum Gasteiger partial charge on any atom is -0.392 e. The number of thiophene rings is 1. The summed E-state index contributed by atoms with van der Waals surface area (Å²) in [6.07, 6.45) is 0. The maximum atomic E-state index is 9.10. The number of rotatable bonds is 1. The third kappa shape index (κ3) is 1.20. The first-order valence-corrected chi connectivity index (χ1v) is 4.93. The second-order valence-electron chi connectivity index (χ2n) is 3.04. The summed E-state index contributed by atoms with van der Waals surface area (Å²) < 4.78 is 1.11. The molecule has 2 nitrogen and oxygen atoms in total. The Bertz CT molecular complexity index is 447. The van der Waals surface area contributed by atoms with E-state index in [0.29, 0.717) is 0 Å². The van der Waals surface area contributed by atoms with Gasteiger partial charge in [-0.05, 0) is 23.4 Å². The SMILES string of the molecule is Cc1c(N)sc2c(CO)cccc12. The fraction of sp³-hybridized carbons (Fsp3) is 0.200. The summed E-state index contributed by atoms with van der Waals surface area (Å²) in [6, 6.07) is 5.92. The van der Waals surface area contributed by atoms with E-state index in [0.717, 1.165) is 26.2 Å². The Hall–Kier alpha value is -1.06. The Balaban J connectivity index is 2.84. The number of benzene rings is 1. The van der Waals surface area contributed by atoms with E-state index in [4.69, 9.17) is 10.8 Å². The molecule has 1 aromatic carbocycles. The van der Waals surface area contributed by atoms with Gasteiger partial charge in [-0.3, -0.25) is 0 Å². The zero-order valence-electron chi connectivity index (χ0n) is 7.37. The summed E-state index contributed by atoms with van der Waals surface area (Å²) in [6.45, 7) is 2.09. The minimum atomic E-state index is 0.0801. The normalized spacial score (nSPS) is 10.9. The van der Waals surface area contributed by atoms with Crippen LogP contribution in [0.5, 0.6) is 0 Å². The highest BCUT2D eigenvalue weighted by molar-refractivity contribution is 7.23. The van der Waals surface area contributed by atoms with Crippen molar-refractivity contribution in [2.45, 2.75) is 13.5 Å². The van der Waals surface area contributed by atoms with Crippen LogP contribution in [0.4, 0.5) is 5.00 Å². The molecule has 0 saturated carbocycles. The van der Waals surface area contributed by atoms with Gasteiger partial charge in [0.2, 0.25) is 0 Å². The van der Waals surface area contributed by atoms with Crippen molar-refractivity contribution in [1.29, 1.82) is 0 Å². The number of nitrogens with two attached hydrogens (primary N) is 1. The van der Waals surface area contributed by atoms with Crippen LogP contribution in [0.2, 0.25) is 0 Å². The fourth-order valence-electron chi connectivity index (χ4n) is 1.44. The predicted octanol–water partition coefficient (Wildman–Crippen LogP) is 2.28. The average Bonchev–Trinajstić information content (AvgIpc) is 2.43. The highest BCUT2D eigenvalue weighted by atomic mass is 32.1. The monoisotopic (exact) mass is 193 g/mol. The van der Waals surface area contributed by atoms with Gasteiger partial charge in [-0.2, -0.15) is 0 Å². The maximum absolute atomic E-state index is 9.10. The van der Waals surface area contributed by atoms with E-state index in [2.05, 4.69) is 0 Å². The molecule has 1 aromatic heterocycles. The lowest BCUT2D eigenvalue weighted by Gasteiger charge is -1.97. The first-order valence-electron chi connectivity index (χ1n) is 4.11.